The number of rotatable bonds is 6. The van der Waals surface area contributed by atoms with Gasteiger partial charge in [0.05, 0.1) is 31.2 Å². The Labute approximate surface area is 210 Å². The molecular weight excluding hydrogens is 478 g/mol. The lowest BCUT2D eigenvalue weighted by molar-refractivity contribution is -0.113. The smallest absolute Gasteiger partial charge is 0.283 e. The number of ether oxygens (including phenoxy) is 2. The minimum atomic E-state index is -0.293. The standard InChI is InChI=1S/C26H21N5O4S/c1-34-19-12-10-17(11-13-19)14-23-25(33)31(18-6-5-7-20(15-18)35-2)26(27-23)36-16-30-24(32)21-8-3-4-9-22(21)28-29-30/h3-15H,16H2,1-2H3/b23-14+. The van der Waals surface area contributed by atoms with Gasteiger partial charge in [-0.1, -0.05) is 47.3 Å². The molecule has 9 nitrogen and oxygen atoms in total. The van der Waals surface area contributed by atoms with E-state index in [4.69, 9.17) is 9.47 Å². The van der Waals surface area contributed by atoms with Crippen molar-refractivity contribution in [3.05, 3.63) is 94.4 Å². The van der Waals surface area contributed by atoms with Gasteiger partial charge in [0.15, 0.2) is 5.17 Å². The van der Waals surface area contributed by atoms with Crippen molar-refractivity contribution in [1.29, 1.82) is 0 Å². The fraction of sp³-hybridized carbons (Fsp3) is 0.115. The molecule has 1 aliphatic heterocycles. The molecule has 5 rings (SSSR count). The van der Waals surface area contributed by atoms with Crippen LogP contribution in [-0.2, 0) is 10.7 Å². The average molecular weight is 500 g/mol. The maximum absolute atomic E-state index is 13.5. The molecule has 0 saturated carbocycles. The van der Waals surface area contributed by atoms with Gasteiger partial charge < -0.3 is 9.47 Å². The second-order valence-electron chi connectivity index (χ2n) is 7.72. The van der Waals surface area contributed by atoms with E-state index >= 15 is 0 Å². The number of thioether (sulfide) groups is 1. The fourth-order valence-electron chi connectivity index (χ4n) is 3.66. The number of carbonyl (C=O) groups excluding carboxylic acids is 1. The first kappa shape index (κ1) is 23.3. The van der Waals surface area contributed by atoms with Gasteiger partial charge in [0.1, 0.15) is 22.7 Å². The van der Waals surface area contributed by atoms with Gasteiger partial charge in [-0.15, -0.1) is 5.10 Å². The quantitative estimate of drug-likeness (QED) is 0.371. The molecule has 0 aliphatic carbocycles. The van der Waals surface area contributed by atoms with E-state index in [-0.39, 0.29) is 23.0 Å². The van der Waals surface area contributed by atoms with Crippen LogP contribution in [0.5, 0.6) is 11.5 Å². The van der Waals surface area contributed by atoms with Gasteiger partial charge in [-0.05, 0) is 48.0 Å². The number of amides is 1. The predicted molar refractivity (Wildman–Crippen MR) is 140 cm³/mol. The summed E-state index contributed by atoms with van der Waals surface area (Å²) in [6, 6.07) is 21.5. The third-order valence-corrected chi connectivity index (χ3v) is 6.41. The van der Waals surface area contributed by atoms with E-state index in [9.17, 15) is 9.59 Å². The summed E-state index contributed by atoms with van der Waals surface area (Å²) in [5.41, 5.74) is 1.93. The van der Waals surface area contributed by atoms with Gasteiger partial charge in [-0.3, -0.25) is 14.5 Å². The Morgan fingerprint density at radius 3 is 2.47 bits per heavy atom. The summed E-state index contributed by atoms with van der Waals surface area (Å²) in [5.74, 6) is 1.15. The number of anilines is 1. The molecule has 0 atom stereocenters. The summed E-state index contributed by atoms with van der Waals surface area (Å²) in [4.78, 5) is 32.5. The number of hydrogen-bond donors (Lipinski definition) is 0. The third-order valence-electron chi connectivity index (χ3n) is 5.51. The molecule has 0 saturated heterocycles. The second-order valence-corrected chi connectivity index (χ2v) is 8.64. The lowest BCUT2D eigenvalue weighted by Crippen LogP contribution is -2.31. The monoisotopic (exact) mass is 499 g/mol. The topological polar surface area (TPSA) is 98.9 Å². The van der Waals surface area contributed by atoms with Crippen LogP contribution in [0.2, 0.25) is 0 Å². The Kier molecular flexibility index (Phi) is 6.50. The molecular formula is C26H21N5O4S. The molecule has 0 fully saturated rings. The van der Waals surface area contributed by atoms with Crippen molar-refractivity contribution in [2.24, 2.45) is 4.99 Å². The van der Waals surface area contributed by atoms with Crippen molar-refractivity contribution in [2.75, 3.05) is 19.1 Å². The fourth-order valence-corrected chi connectivity index (χ4v) is 4.54. The minimum absolute atomic E-state index is 0.124. The van der Waals surface area contributed by atoms with Crippen LogP contribution in [0.25, 0.3) is 17.0 Å². The normalized spacial score (nSPS) is 14.4. The lowest BCUT2D eigenvalue weighted by atomic mass is 10.2. The first-order valence-corrected chi connectivity index (χ1v) is 11.9. The minimum Gasteiger partial charge on any atom is -0.497 e. The van der Waals surface area contributed by atoms with E-state index in [1.807, 2.05) is 24.3 Å². The number of benzene rings is 3. The molecule has 1 aromatic heterocycles. The van der Waals surface area contributed by atoms with Crippen molar-refractivity contribution in [2.45, 2.75) is 5.88 Å². The molecule has 10 heteroatoms. The molecule has 0 radical (unpaired) electrons. The van der Waals surface area contributed by atoms with E-state index in [2.05, 4.69) is 15.3 Å². The van der Waals surface area contributed by atoms with E-state index in [1.54, 1.807) is 68.8 Å². The third kappa shape index (κ3) is 4.58. The van der Waals surface area contributed by atoms with Crippen LogP contribution in [0.1, 0.15) is 5.56 Å². The van der Waals surface area contributed by atoms with E-state index in [0.717, 1.165) is 11.3 Å². The van der Waals surface area contributed by atoms with Gasteiger partial charge in [0.25, 0.3) is 11.5 Å². The Morgan fingerprint density at radius 2 is 1.69 bits per heavy atom. The van der Waals surface area contributed by atoms with Crippen molar-refractivity contribution < 1.29 is 14.3 Å². The predicted octanol–water partition coefficient (Wildman–Crippen LogP) is 3.94. The highest BCUT2D eigenvalue weighted by atomic mass is 32.2. The van der Waals surface area contributed by atoms with Crippen molar-refractivity contribution >= 4 is 45.5 Å². The van der Waals surface area contributed by atoms with Gasteiger partial charge in [-0.2, -0.15) is 4.68 Å². The zero-order chi connectivity index (χ0) is 25.1. The maximum Gasteiger partial charge on any atom is 0.283 e. The maximum atomic E-state index is 13.5. The number of aromatic nitrogens is 3. The SMILES string of the molecule is COc1ccc(/C=C2/N=C(SCn3nnc4ccccc4c3=O)N(c3cccc(OC)c3)C2=O)cc1. The Hall–Kier alpha value is -4.44. The van der Waals surface area contributed by atoms with Crippen LogP contribution < -0.4 is 19.9 Å². The summed E-state index contributed by atoms with van der Waals surface area (Å²) in [6.07, 6.45) is 1.71. The Balaban J connectivity index is 1.49. The van der Waals surface area contributed by atoms with E-state index in [1.165, 1.54) is 21.3 Å². The molecule has 2 heterocycles. The molecule has 36 heavy (non-hydrogen) atoms. The molecule has 0 N–H and O–H groups in total. The van der Waals surface area contributed by atoms with Crippen LogP contribution in [0.15, 0.2) is 88.3 Å². The van der Waals surface area contributed by atoms with Gasteiger partial charge in [0.2, 0.25) is 0 Å². The summed E-state index contributed by atoms with van der Waals surface area (Å²) >= 11 is 1.21. The number of amidine groups is 1. The number of fused-ring (bicyclic) bond motifs is 1. The summed E-state index contributed by atoms with van der Waals surface area (Å²) in [7, 11) is 3.16. The largest absolute Gasteiger partial charge is 0.497 e. The highest BCUT2D eigenvalue weighted by Crippen LogP contribution is 2.31. The first-order valence-electron chi connectivity index (χ1n) is 11.0. The summed E-state index contributed by atoms with van der Waals surface area (Å²) in [5, 5.41) is 9.06. The van der Waals surface area contributed by atoms with Crippen molar-refractivity contribution in [1.82, 2.24) is 15.0 Å². The Morgan fingerprint density at radius 1 is 0.917 bits per heavy atom. The van der Waals surface area contributed by atoms with E-state index < -0.39 is 0 Å². The first-order chi connectivity index (χ1) is 17.6. The molecule has 4 aromatic rings. The molecule has 1 amide bonds. The van der Waals surface area contributed by atoms with Crippen LogP contribution in [0, 0.1) is 0 Å². The van der Waals surface area contributed by atoms with Gasteiger partial charge in [-0.25, -0.2) is 4.99 Å². The van der Waals surface area contributed by atoms with Crippen LogP contribution in [-0.4, -0.2) is 40.3 Å². The molecule has 0 unspecified atom stereocenters. The second kappa shape index (κ2) is 10.0. The van der Waals surface area contributed by atoms with Gasteiger partial charge >= 0.3 is 0 Å². The van der Waals surface area contributed by atoms with Crippen LogP contribution >= 0.6 is 11.8 Å². The van der Waals surface area contributed by atoms with Crippen LogP contribution in [0.4, 0.5) is 5.69 Å². The number of hydrogen-bond acceptors (Lipinski definition) is 8. The molecule has 3 aromatic carbocycles. The zero-order valence-corrected chi connectivity index (χ0v) is 20.3. The Bertz CT molecular complexity index is 1560. The molecule has 0 bridgehead atoms. The highest BCUT2D eigenvalue weighted by molar-refractivity contribution is 8.13. The van der Waals surface area contributed by atoms with E-state index in [0.29, 0.717) is 27.5 Å². The summed E-state index contributed by atoms with van der Waals surface area (Å²) in [6.45, 7) is 0. The molecule has 0 spiro atoms. The highest BCUT2D eigenvalue weighted by Gasteiger charge is 2.32. The number of nitrogens with zero attached hydrogens (tertiary/aromatic N) is 5. The zero-order valence-electron chi connectivity index (χ0n) is 19.5. The average Bonchev–Trinajstić information content (AvgIpc) is 3.23. The lowest BCUT2D eigenvalue weighted by Gasteiger charge is -2.18. The van der Waals surface area contributed by atoms with Crippen molar-refractivity contribution in [3.63, 3.8) is 0 Å². The molecule has 1 aliphatic rings. The van der Waals surface area contributed by atoms with Gasteiger partial charge in [0, 0.05) is 6.07 Å². The number of aliphatic imine (C=N–C) groups is 1. The number of carbonyl (C=O) groups is 1. The number of methoxy groups -OCH3 is 2. The van der Waals surface area contributed by atoms with Crippen molar-refractivity contribution in [3.8, 4) is 11.5 Å². The molecule has 180 valence electrons. The summed E-state index contributed by atoms with van der Waals surface area (Å²) < 4.78 is 11.8. The van der Waals surface area contributed by atoms with Crippen LogP contribution in [0.3, 0.4) is 0 Å².